The lowest BCUT2D eigenvalue weighted by atomic mass is 10.0. The van der Waals surface area contributed by atoms with Gasteiger partial charge in [-0.25, -0.2) is 0 Å². The fourth-order valence-electron chi connectivity index (χ4n) is 1.72. The van der Waals surface area contributed by atoms with E-state index in [1.807, 2.05) is 0 Å². The third-order valence-corrected chi connectivity index (χ3v) is 3.48. The van der Waals surface area contributed by atoms with Gasteiger partial charge in [-0.1, -0.05) is 24.1 Å². The molecule has 1 aromatic rings. The number of terminal acetylenes is 1. The summed E-state index contributed by atoms with van der Waals surface area (Å²) in [5, 5.41) is 3.08. The third kappa shape index (κ3) is 5.17. The van der Waals surface area contributed by atoms with Crippen molar-refractivity contribution in [1.82, 2.24) is 5.32 Å². The molecule has 0 fully saturated rings. The first-order valence-corrected chi connectivity index (χ1v) is 7.03. The van der Waals surface area contributed by atoms with Crippen molar-refractivity contribution in [2.75, 3.05) is 18.1 Å². The smallest absolute Gasteiger partial charge is 0.309 e. The van der Waals surface area contributed by atoms with Crippen LogP contribution in [0.3, 0.4) is 0 Å². The molecule has 1 rings (SSSR count). The molecule has 0 aliphatic rings. The topological polar surface area (TPSA) is 12.0 Å². The lowest BCUT2D eigenvalue weighted by Gasteiger charge is -2.19. The molecule has 0 saturated carbocycles. The molecule has 0 bridgehead atoms. The van der Waals surface area contributed by atoms with Crippen LogP contribution in [0, 0.1) is 12.3 Å². The van der Waals surface area contributed by atoms with E-state index < -0.39 is 11.7 Å². The van der Waals surface area contributed by atoms with Gasteiger partial charge in [0.2, 0.25) is 0 Å². The second-order valence-corrected chi connectivity index (χ2v) is 5.12. The Morgan fingerprint density at radius 1 is 1.37 bits per heavy atom. The van der Waals surface area contributed by atoms with Crippen LogP contribution >= 0.6 is 11.8 Å². The number of hydrogen-bond donors (Lipinski definition) is 1. The van der Waals surface area contributed by atoms with Crippen molar-refractivity contribution >= 4 is 11.8 Å². The second-order valence-electron chi connectivity index (χ2n) is 4.02. The van der Waals surface area contributed by atoms with Gasteiger partial charge >= 0.3 is 6.18 Å². The minimum absolute atomic E-state index is 0.275. The summed E-state index contributed by atoms with van der Waals surface area (Å²) in [5.74, 6) is 3.90. The highest BCUT2D eigenvalue weighted by Gasteiger charge is 2.33. The first-order chi connectivity index (χ1) is 8.96. The summed E-state index contributed by atoms with van der Waals surface area (Å²) in [6.45, 7) is 2.36. The fraction of sp³-hybridized carbons (Fsp3) is 0.429. The first kappa shape index (κ1) is 15.9. The molecular formula is C14H16F3NS. The standard InChI is InChI=1S/C14H16F3NS/c1-3-9-19-10-8-18-11(2)12-6-4-5-7-13(12)14(15,16)17/h1,4-7,11,18H,8-10H2,2H3. The van der Waals surface area contributed by atoms with Crippen molar-refractivity contribution in [3.05, 3.63) is 35.4 Å². The number of hydrogen-bond acceptors (Lipinski definition) is 2. The van der Waals surface area contributed by atoms with Crippen molar-refractivity contribution in [3.63, 3.8) is 0 Å². The van der Waals surface area contributed by atoms with Gasteiger partial charge in [-0.05, 0) is 18.6 Å². The zero-order valence-electron chi connectivity index (χ0n) is 10.6. The highest BCUT2D eigenvalue weighted by atomic mass is 32.2. The van der Waals surface area contributed by atoms with Gasteiger partial charge in [0, 0.05) is 18.3 Å². The van der Waals surface area contributed by atoms with Crippen LogP contribution in [0.5, 0.6) is 0 Å². The van der Waals surface area contributed by atoms with E-state index in [-0.39, 0.29) is 11.6 Å². The zero-order valence-corrected chi connectivity index (χ0v) is 11.4. The molecule has 5 heteroatoms. The van der Waals surface area contributed by atoms with Gasteiger partial charge in [0.25, 0.3) is 0 Å². The minimum Gasteiger partial charge on any atom is -0.309 e. The van der Waals surface area contributed by atoms with E-state index in [0.29, 0.717) is 12.3 Å². The van der Waals surface area contributed by atoms with E-state index in [0.717, 1.165) is 11.8 Å². The first-order valence-electron chi connectivity index (χ1n) is 5.87. The molecule has 0 aromatic heterocycles. The van der Waals surface area contributed by atoms with Crippen LogP contribution in [-0.2, 0) is 6.18 Å². The van der Waals surface area contributed by atoms with Crippen LogP contribution in [0.15, 0.2) is 24.3 Å². The van der Waals surface area contributed by atoms with Gasteiger partial charge in [0.05, 0.1) is 11.3 Å². The minimum atomic E-state index is -4.31. The number of benzene rings is 1. The van der Waals surface area contributed by atoms with Gasteiger partial charge in [0.1, 0.15) is 0 Å². The average Bonchev–Trinajstić information content (AvgIpc) is 2.37. The van der Waals surface area contributed by atoms with Crippen molar-refractivity contribution < 1.29 is 13.2 Å². The molecule has 0 amide bonds. The maximum absolute atomic E-state index is 12.8. The third-order valence-electron chi connectivity index (χ3n) is 2.62. The lowest BCUT2D eigenvalue weighted by molar-refractivity contribution is -0.138. The summed E-state index contributed by atoms with van der Waals surface area (Å²) < 4.78 is 38.5. The monoisotopic (exact) mass is 287 g/mol. The molecule has 0 radical (unpaired) electrons. The van der Waals surface area contributed by atoms with E-state index in [1.54, 1.807) is 24.8 Å². The summed E-state index contributed by atoms with van der Waals surface area (Å²) in [7, 11) is 0. The predicted molar refractivity (Wildman–Crippen MR) is 74.0 cm³/mol. The molecule has 104 valence electrons. The molecule has 0 aliphatic heterocycles. The quantitative estimate of drug-likeness (QED) is 0.632. The Morgan fingerprint density at radius 2 is 2.05 bits per heavy atom. The maximum atomic E-state index is 12.8. The van der Waals surface area contributed by atoms with E-state index in [1.165, 1.54) is 12.1 Å². The number of nitrogens with one attached hydrogen (secondary N) is 1. The van der Waals surface area contributed by atoms with Crippen LogP contribution in [0.2, 0.25) is 0 Å². The van der Waals surface area contributed by atoms with Crippen molar-refractivity contribution in [1.29, 1.82) is 0 Å². The summed E-state index contributed by atoms with van der Waals surface area (Å²) in [6.07, 6.45) is 0.798. The highest BCUT2D eigenvalue weighted by molar-refractivity contribution is 7.99. The Morgan fingerprint density at radius 3 is 2.68 bits per heavy atom. The number of alkyl halides is 3. The second kappa shape index (κ2) is 7.46. The Bertz CT molecular complexity index is 437. The van der Waals surface area contributed by atoms with Crippen molar-refractivity contribution in [3.8, 4) is 12.3 Å². The zero-order chi connectivity index (χ0) is 14.3. The number of thioether (sulfide) groups is 1. The van der Waals surface area contributed by atoms with Crippen molar-refractivity contribution in [2.45, 2.75) is 19.1 Å². The number of halogens is 3. The average molecular weight is 287 g/mol. The van der Waals surface area contributed by atoms with Crippen LogP contribution in [-0.4, -0.2) is 18.1 Å². The van der Waals surface area contributed by atoms with Crippen molar-refractivity contribution in [2.24, 2.45) is 0 Å². The maximum Gasteiger partial charge on any atom is 0.416 e. The predicted octanol–water partition coefficient (Wildman–Crippen LogP) is 3.72. The summed E-state index contributed by atoms with van der Waals surface area (Å²) in [6, 6.07) is 5.30. The Kier molecular flexibility index (Phi) is 6.26. The normalized spacial score (nSPS) is 13.0. The van der Waals surface area contributed by atoms with E-state index in [2.05, 4.69) is 11.2 Å². The van der Waals surface area contributed by atoms with Gasteiger partial charge in [0.15, 0.2) is 0 Å². The van der Waals surface area contributed by atoms with Gasteiger partial charge in [-0.3, -0.25) is 0 Å². The van der Waals surface area contributed by atoms with Crippen LogP contribution in [0.4, 0.5) is 13.2 Å². The largest absolute Gasteiger partial charge is 0.416 e. The Hall–Kier alpha value is -1.12. The molecule has 1 unspecified atom stereocenters. The van der Waals surface area contributed by atoms with E-state index in [4.69, 9.17) is 6.42 Å². The lowest BCUT2D eigenvalue weighted by Crippen LogP contribution is -2.24. The summed E-state index contributed by atoms with van der Waals surface area (Å²) >= 11 is 1.58. The molecule has 0 spiro atoms. The Balaban J connectivity index is 2.62. The van der Waals surface area contributed by atoms with Gasteiger partial charge < -0.3 is 5.32 Å². The van der Waals surface area contributed by atoms with Crippen LogP contribution in [0.1, 0.15) is 24.1 Å². The molecule has 1 aromatic carbocycles. The molecule has 0 saturated heterocycles. The van der Waals surface area contributed by atoms with E-state index >= 15 is 0 Å². The fourth-order valence-corrected chi connectivity index (χ4v) is 2.25. The van der Waals surface area contributed by atoms with Crippen LogP contribution < -0.4 is 5.32 Å². The molecule has 0 heterocycles. The summed E-state index contributed by atoms with van der Waals surface area (Å²) in [4.78, 5) is 0. The Labute approximate surface area is 116 Å². The molecule has 1 N–H and O–H groups in total. The molecule has 1 nitrogen and oxygen atoms in total. The van der Waals surface area contributed by atoms with Crippen LogP contribution in [0.25, 0.3) is 0 Å². The molecule has 1 atom stereocenters. The highest BCUT2D eigenvalue weighted by Crippen LogP contribution is 2.34. The molecule has 19 heavy (non-hydrogen) atoms. The number of rotatable bonds is 6. The molecule has 0 aliphatic carbocycles. The summed E-state index contributed by atoms with van der Waals surface area (Å²) in [5.41, 5.74) is -0.303. The molecular weight excluding hydrogens is 271 g/mol. The van der Waals surface area contributed by atoms with E-state index in [9.17, 15) is 13.2 Å². The van der Waals surface area contributed by atoms with Gasteiger partial charge in [-0.15, -0.1) is 18.2 Å². The SMILES string of the molecule is C#CCSCCNC(C)c1ccccc1C(F)(F)F. The van der Waals surface area contributed by atoms with Gasteiger partial charge in [-0.2, -0.15) is 13.2 Å².